The second kappa shape index (κ2) is 11.0. The molecule has 2 aromatic rings. The molecule has 3 rings (SSSR count). The van der Waals surface area contributed by atoms with E-state index in [0.29, 0.717) is 18.4 Å². The van der Waals surface area contributed by atoms with Crippen LogP contribution in [0.3, 0.4) is 0 Å². The van der Waals surface area contributed by atoms with Gasteiger partial charge in [0.25, 0.3) is 0 Å². The predicted molar refractivity (Wildman–Crippen MR) is 123 cm³/mol. The number of fused-ring (bicyclic) bond motifs is 1. The van der Waals surface area contributed by atoms with Crippen molar-refractivity contribution in [3.05, 3.63) is 30.1 Å². The molecule has 1 aromatic heterocycles. The molecular weight excluding hydrogens is 376 g/mol. The summed E-state index contributed by atoms with van der Waals surface area (Å²) < 4.78 is 2.27. The molecule has 30 heavy (non-hydrogen) atoms. The highest BCUT2D eigenvalue weighted by atomic mass is 16.2. The van der Waals surface area contributed by atoms with Gasteiger partial charge in [-0.05, 0) is 51.7 Å². The van der Waals surface area contributed by atoms with Gasteiger partial charge in [0, 0.05) is 45.2 Å². The van der Waals surface area contributed by atoms with E-state index in [9.17, 15) is 4.79 Å². The Hall–Kier alpha value is -2.57. The minimum atomic E-state index is 0.310. The smallest absolute Gasteiger partial charge is 0.222 e. The van der Waals surface area contributed by atoms with E-state index in [1.807, 2.05) is 6.07 Å². The molecule has 1 aliphatic heterocycles. The zero-order valence-electron chi connectivity index (χ0n) is 18.7. The number of carbonyl (C=O) groups is 1. The molecule has 0 aliphatic carbocycles. The van der Waals surface area contributed by atoms with Gasteiger partial charge in [-0.2, -0.15) is 0 Å². The van der Waals surface area contributed by atoms with E-state index in [-0.39, 0.29) is 0 Å². The molecule has 1 saturated heterocycles. The average molecular weight is 413 g/mol. The fourth-order valence-electron chi connectivity index (χ4n) is 4.23. The summed E-state index contributed by atoms with van der Waals surface area (Å²) in [5.74, 6) is 2.21. The van der Waals surface area contributed by atoms with Crippen LogP contribution in [0.4, 0.5) is 0 Å². The van der Waals surface area contributed by atoms with Crippen molar-refractivity contribution in [1.29, 1.82) is 0 Å². The van der Waals surface area contributed by atoms with Crippen molar-refractivity contribution in [2.24, 2.45) is 4.99 Å². The number of rotatable bonds is 10. The van der Waals surface area contributed by atoms with Crippen LogP contribution >= 0.6 is 0 Å². The highest BCUT2D eigenvalue weighted by Gasteiger charge is 2.26. The van der Waals surface area contributed by atoms with Crippen molar-refractivity contribution in [1.82, 2.24) is 25.1 Å². The number of likely N-dealkylation sites (tertiary alicyclic amines) is 1. The van der Waals surface area contributed by atoms with E-state index in [4.69, 9.17) is 4.99 Å². The van der Waals surface area contributed by atoms with Gasteiger partial charge >= 0.3 is 0 Å². The van der Waals surface area contributed by atoms with Crippen LogP contribution in [0.25, 0.3) is 11.0 Å². The van der Waals surface area contributed by atoms with Crippen LogP contribution in [0.1, 0.15) is 51.8 Å². The van der Waals surface area contributed by atoms with Crippen molar-refractivity contribution >= 4 is 22.9 Å². The van der Waals surface area contributed by atoms with E-state index in [1.54, 1.807) is 0 Å². The molecular formula is C23H36N6O. The van der Waals surface area contributed by atoms with Crippen LogP contribution in [0.2, 0.25) is 0 Å². The number of aryl methyl sites for hydroxylation is 2. The molecule has 1 amide bonds. The Labute approximate surface area is 180 Å². The summed E-state index contributed by atoms with van der Waals surface area (Å²) in [7, 11) is 0. The number of aliphatic imine (C=N–C) groups is 1. The molecule has 2 N–H and O–H groups in total. The van der Waals surface area contributed by atoms with Gasteiger partial charge in [-0.3, -0.25) is 9.79 Å². The highest BCUT2D eigenvalue weighted by Crippen LogP contribution is 2.18. The number of nitrogens with one attached hydrogen (secondary N) is 2. The molecule has 7 heteroatoms. The number of benzene rings is 1. The SMILES string of the molecule is CCNC(=NCCCn1c(C)nc2ccccc21)NCCC(CC)N1CCCC1=O. The second-order valence-electron chi connectivity index (χ2n) is 7.88. The lowest BCUT2D eigenvalue weighted by Crippen LogP contribution is -2.42. The number of carbonyl (C=O) groups excluding carboxylic acids is 1. The largest absolute Gasteiger partial charge is 0.357 e. The van der Waals surface area contributed by atoms with Gasteiger partial charge in [0.2, 0.25) is 5.91 Å². The lowest BCUT2D eigenvalue weighted by molar-refractivity contribution is -0.129. The molecule has 1 unspecified atom stereocenters. The molecule has 1 aliphatic rings. The first-order valence-electron chi connectivity index (χ1n) is 11.4. The van der Waals surface area contributed by atoms with E-state index < -0.39 is 0 Å². The van der Waals surface area contributed by atoms with E-state index in [1.165, 1.54) is 5.52 Å². The maximum Gasteiger partial charge on any atom is 0.222 e. The first kappa shape index (κ1) is 22.1. The minimum absolute atomic E-state index is 0.310. The highest BCUT2D eigenvalue weighted by molar-refractivity contribution is 5.80. The van der Waals surface area contributed by atoms with E-state index >= 15 is 0 Å². The topological polar surface area (TPSA) is 74.6 Å². The number of imidazole rings is 1. The molecule has 7 nitrogen and oxygen atoms in total. The monoisotopic (exact) mass is 412 g/mol. The number of hydrogen-bond acceptors (Lipinski definition) is 3. The van der Waals surface area contributed by atoms with Crippen molar-refractivity contribution in [3.8, 4) is 0 Å². The Morgan fingerprint density at radius 3 is 2.83 bits per heavy atom. The van der Waals surface area contributed by atoms with Crippen molar-refractivity contribution in [2.45, 2.75) is 65.5 Å². The minimum Gasteiger partial charge on any atom is -0.357 e. The van der Waals surface area contributed by atoms with Gasteiger partial charge in [0.05, 0.1) is 11.0 Å². The van der Waals surface area contributed by atoms with Crippen molar-refractivity contribution in [3.63, 3.8) is 0 Å². The quantitative estimate of drug-likeness (QED) is 0.357. The number of aromatic nitrogens is 2. The summed E-state index contributed by atoms with van der Waals surface area (Å²) in [5.41, 5.74) is 2.24. The fraction of sp³-hybridized carbons (Fsp3) is 0.609. The number of nitrogens with zero attached hydrogens (tertiary/aromatic N) is 4. The molecule has 0 radical (unpaired) electrons. The zero-order valence-corrected chi connectivity index (χ0v) is 18.7. The lowest BCUT2D eigenvalue weighted by atomic mass is 10.1. The Morgan fingerprint density at radius 1 is 1.27 bits per heavy atom. The third-order valence-corrected chi connectivity index (χ3v) is 5.79. The van der Waals surface area contributed by atoms with Crippen LogP contribution in [0, 0.1) is 6.92 Å². The standard InChI is InChI=1S/C23H36N6O/c1-4-19(29-16-8-12-22(29)30)13-15-26-23(24-5-2)25-14-9-17-28-18(3)27-20-10-6-7-11-21(20)28/h6-7,10-11,19H,4-5,8-9,12-17H2,1-3H3,(H2,24,25,26). The van der Waals surface area contributed by atoms with Crippen molar-refractivity contribution in [2.75, 3.05) is 26.2 Å². The van der Waals surface area contributed by atoms with E-state index in [0.717, 1.165) is 75.7 Å². The Morgan fingerprint density at radius 2 is 2.10 bits per heavy atom. The third kappa shape index (κ3) is 5.52. The summed E-state index contributed by atoms with van der Waals surface area (Å²) >= 11 is 0. The Bertz CT molecular complexity index is 858. The fourth-order valence-corrected chi connectivity index (χ4v) is 4.23. The van der Waals surface area contributed by atoms with Crippen LogP contribution in [-0.4, -0.2) is 58.5 Å². The molecule has 2 heterocycles. The number of para-hydroxylation sites is 2. The normalized spacial score (nSPS) is 15.8. The number of hydrogen-bond donors (Lipinski definition) is 2. The maximum atomic E-state index is 12.0. The lowest BCUT2D eigenvalue weighted by Gasteiger charge is -2.27. The van der Waals surface area contributed by atoms with Gasteiger partial charge in [-0.15, -0.1) is 0 Å². The van der Waals surface area contributed by atoms with Gasteiger partial charge in [0.15, 0.2) is 5.96 Å². The zero-order chi connectivity index (χ0) is 21.3. The first-order chi connectivity index (χ1) is 14.6. The van der Waals surface area contributed by atoms with Crippen molar-refractivity contribution < 1.29 is 4.79 Å². The van der Waals surface area contributed by atoms with Gasteiger partial charge in [-0.25, -0.2) is 4.98 Å². The van der Waals surface area contributed by atoms with Gasteiger partial charge in [0.1, 0.15) is 5.82 Å². The van der Waals surface area contributed by atoms with Gasteiger partial charge in [-0.1, -0.05) is 19.1 Å². The average Bonchev–Trinajstić information content (AvgIpc) is 3.31. The summed E-state index contributed by atoms with van der Waals surface area (Å²) in [4.78, 5) is 23.4. The van der Waals surface area contributed by atoms with Crippen LogP contribution in [0.15, 0.2) is 29.3 Å². The van der Waals surface area contributed by atoms with Crippen LogP contribution in [-0.2, 0) is 11.3 Å². The molecule has 1 atom stereocenters. The third-order valence-electron chi connectivity index (χ3n) is 5.79. The first-order valence-corrected chi connectivity index (χ1v) is 11.4. The van der Waals surface area contributed by atoms with E-state index in [2.05, 4.69) is 64.1 Å². The molecule has 0 spiro atoms. The summed E-state index contributed by atoms with van der Waals surface area (Å²) in [6.45, 7) is 10.5. The Kier molecular flexibility index (Phi) is 8.11. The Balaban J connectivity index is 1.48. The second-order valence-corrected chi connectivity index (χ2v) is 7.88. The summed E-state index contributed by atoms with van der Waals surface area (Å²) in [5, 5.41) is 6.77. The number of guanidine groups is 1. The molecule has 0 saturated carbocycles. The molecule has 0 bridgehead atoms. The summed E-state index contributed by atoms with van der Waals surface area (Å²) in [6.07, 6.45) is 4.61. The number of amides is 1. The molecule has 164 valence electrons. The van der Waals surface area contributed by atoms with Crippen LogP contribution in [0.5, 0.6) is 0 Å². The van der Waals surface area contributed by atoms with Gasteiger partial charge < -0.3 is 20.1 Å². The van der Waals surface area contributed by atoms with Crippen LogP contribution < -0.4 is 10.6 Å². The molecule has 1 aromatic carbocycles. The predicted octanol–water partition coefficient (Wildman–Crippen LogP) is 3.08. The molecule has 1 fully saturated rings. The summed E-state index contributed by atoms with van der Waals surface area (Å²) in [6, 6.07) is 8.60. The maximum absolute atomic E-state index is 12.0.